The maximum atomic E-state index is 12.1. The molecule has 0 saturated carbocycles. The van der Waals surface area contributed by atoms with Crippen molar-refractivity contribution in [1.82, 2.24) is 19.9 Å². The molecule has 0 saturated heterocycles. The molecule has 3 aromatic rings. The highest BCUT2D eigenvalue weighted by Gasteiger charge is 2.08. The lowest BCUT2D eigenvalue weighted by molar-refractivity contribution is 0.251. The van der Waals surface area contributed by atoms with Crippen molar-refractivity contribution in [1.29, 1.82) is 0 Å². The predicted molar refractivity (Wildman–Crippen MR) is 86.6 cm³/mol. The van der Waals surface area contributed by atoms with Gasteiger partial charge in [-0.25, -0.2) is 14.3 Å². The third-order valence-corrected chi connectivity index (χ3v) is 3.30. The van der Waals surface area contributed by atoms with Crippen molar-refractivity contribution >= 4 is 17.4 Å². The van der Waals surface area contributed by atoms with Gasteiger partial charge in [0.2, 0.25) is 0 Å². The van der Waals surface area contributed by atoms with Crippen molar-refractivity contribution in [3.63, 3.8) is 0 Å². The maximum Gasteiger partial charge on any atom is 0.319 e. The summed E-state index contributed by atoms with van der Waals surface area (Å²) in [4.78, 5) is 16.4. The van der Waals surface area contributed by atoms with Crippen LogP contribution >= 0.6 is 0 Å². The molecule has 3 rings (SSSR count). The number of aryl methyl sites for hydroxylation is 1. The number of anilines is 1. The quantitative estimate of drug-likeness (QED) is 0.775. The number of fused-ring (bicyclic) bond motifs is 1. The van der Waals surface area contributed by atoms with Crippen molar-refractivity contribution in [2.75, 3.05) is 12.4 Å². The molecule has 0 aliphatic heterocycles. The molecule has 0 radical (unpaired) electrons. The second-order valence-electron chi connectivity index (χ2n) is 5.01. The summed E-state index contributed by atoms with van der Waals surface area (Å²) in [5.74, 6) is 1.41. The molecule has 1 aromatic carbocycles. The molecule has 0 fully saturated rings. The number of urea groups is 1. The van der Waals surface area contributed by atoms with E-state index in [1.165, 1.54) is 0 Å². The molecule has 0 atom stereocenters. The Kier molecular flexibility index (Phi) is 4.09. The number of ether oxygens (including phenoxy) is 1. The molecule has 2 N–H and O–H groups in total. The van der Waals surface area contributed by atoms with Gasteiger partial charge in [-0.1, -0.05) is 12.1 Å². The largest absolute Gasteiger partial charge is 0.497 e. The Morgan fingerprint density at radius 1 is 1.30 bits per heavy atom. The Morgan fingerprint density at radius 2 is 2.17 bits per heavy atom. The third kappa shape index (κ3) is 3.39. The number of rotatable bonds is 4. The first-order chi connectivity index (χ1) is 11.2. The van der Waals surface area contributed by atoms with Crippen LogP contribution in [0.15, 0.2) is 42.6 Å². The maximum absolute atomic E-state index is 12.1. The van der Waals surface area contributed by atoms with Gasteiger partial charge in [0.25, 0.3) is 0 Å². The van der Waals surface area contributed by atoms with Crippen LogP contribution in [0.3, 0.4) is 0 Å². The number of benzene rings is 1. The zero-order valence-electron chi connectivity index (χ0n) is 12.9. The Hall–Kier alpha value is -3.09. The minimum atomic E-state index is -0.304. The number of carbonyl (C=O) groups excluding carboxylic acids is 1. The summed E-state index contributed by atoms with van der Waals surface area (Å²) in [7, 11) is 1.61. The van der Waals surface area contributed by atoms with Crippen LogP contribution in [0.2, 0.25) is 0 Å². The number of hydrogen-bond donors (Lipinski definition) is 2. The topological polar surface area (TPSA) is 80.5 Å². The molecule has 7 heteroatoms. The number of aromatic nitrogens is 3. The van der Waals surface area contributed by atoms with Gasteiger partial charge in [-0.05, 0) is 36.8 Å². The van der Waals surface area contributed by atoms with Gasteiger partial charge in [-0.15, -0.1) is 0 Å². The van der Waals surface area contributed by atoms with Crippen LogP contribution in [-0.4, -0.2) is 27.7 Å². The molecular weight excluding hydrogens is 294 g/mol. The number of hydrogen-bond acceptors (Lipinski definition) is 4. The summed E-state index contributed by atoms with van der Waals surface area (Å²) < 4.78 is 6.79. The molecule has 118 valence electrons. The van der Waals surface area contributed by atoms with E-state index in [0.717, 1.165) is 11.3 Å². The van der Waals surface area contributed by atoms with Crippen molar-refractivity contribution in [2.24, 2.45) is 0 Å². The van der Waals surface area contributed by atoms with Crippen LogP contribution in [0, 0.1) is 6.92 Å². The molecule has 2 amide bonds. The lowest BCUT2D eigenvalue weighted by Crippen LogP contribution is -2.28. The van der Waals surface area contributed by atoms with E-state index in [4.69, 9.17) is 4.74 Å². The average molecular weight is 311 g/mol. The fourth-order valence-electron chi connectivity index (χ4n) is 2.24. The van der Waals surface area contributed by atoms with Crippen LogP contribution in [0.1, 0.15) is 11.4 Å². The minimum absolute atomic E-state index is 0.304. The van der Waals surface area contributed by atoms with Gasteiger partial charge in [0, 0.05) is 12.7 Å². The van der Waals surface area contributed by atoms with Gasteiger partial charge >= 0.3 is 6.03 Å². The van der Waals surface area contributed by atoms with Gasteiger partial charge in [0.1, 0.15) is 11.6 Å². The zero-order chi connectivity index (χ0) is 16.2. The van der Waals surface area contributed by atoms with Crippen LogP contribution < -0.4 is 15.4 Å². The first kappa shape index (κ1) is 14.8. The standard InChI is InChI=1S/C16H17N5O2/c1-11-18-15-14(7-4-8-21(15)20-11)19-16(22)17-10-12-5-3-6-13(9-12)23-2/h3-9H,10H2,1-2H3,(H2,17,19,22). The van der Waals surface area contributed by atoms with E-state index in [9.17, 15) is 4.79 Å². The molecule has 0 aliphatic rings. The number of nitrogens with one attached hydrogen (secondary N) is 2. The van der Waals surface area contributed by atoms with E-state index in [-0.39, 0.29) is 6.03 Å². The highest BCUT2D eigenvalue weighted by Crippen LogP contribution is 2.15. The van der Waals surface area contributed by atoms with E-state index in [1.807, 2.05) is 24.3 Å². The van der Waals surface area contributed by atoms with Gasteiger partial charge in [0.15, 0.2) is 5.65 Å². The summed E-state index contributed by atoms with van der Waals surface area (Å²) in [5.41, 5.74) is 2.17. The summed E-state index contributed by atoms with van der Waals surface area (Å²) in [5, 5.41) is 9.81. The fourth-order valence-corrected chi connectivity index (χ4v) is 2.24. The highest BCUT2D eigenvalue weighted by molar-refractivity contribution is 5.92. The molecule has 2 aromatic heterocycles. The molecule has 0 spiro atoms. The van der Waals surface area contributed by atoms with Crippen LogP contribution in [0.5, 0.6) is 5.75 Å². The van der Waals surface area contributed by atoms with Crippen LogP contribution in [-0.2, 0) is 6.54 Å². The molecule has 0 bridgehead atoms. The summed E-state index contributed by atoms with van der Waals surface area (Å²) >= 11 is 0. The second kappa shape index (κ2) is 6.35. The molecule has 2 heterocycles. The van der Waals surface area contributed by atoms with Crippen molar-refractivity contribution in [3.05, 3.63) is 54.0 Å². The summed E-state index contributed by atoms with van der Waals surface area (Å²) in [6, 6.07) is 10.8. The number of amides is 2. The van der Waals surface area contributed by atoms with E-state index >= 15 is 0 Å². The predicted octanol–water partition coefficient (Wildman–Crippen LogP) is 2.37. The first-order valence-electron chi connectivity index (χ1n) is 7.15. The zero-order valence-corrected chi connectivity index (χ0v) is 12.9. The van der Waals surface area contributed by atoms with Crippen LogP contribution in [0.4, 0.5) is 10.5 Å². The lowest BCUT2D eigenvalue weighted by atomic mass is 10.2. The normalized spacial score (nSPS) is 10.5. The molecule has 7 nitrogen and oxygen atoms in total. The Bertz CT molecular complexity index is 843. The summed E-state index contributed by atoms with van der Waals surface area (Å²) in [6.45, 7) is 2.21. The van der Waals surface area contributed by atoms with Gasteiger partial charge in [-0.3, -0.25) is 0 Å². The molecule has 0 unspecified atom stereocenters. The van der Waals surface area contributed by atoms with Gasteiger partial charge in [0.05, 0.1) is 12.8 Å². The van der Waals surface area contributed by atoms with E-state index in [2.05, 4.69) is 20.7 Å². The number of methoxy groups -OCH3 is 1. The number of pyridine rings is 1. The average Bonchev–Trinajstić information content (AvgIpc) is 2.94. The smallest absolute Gasteiger partial charge is 0.319 e. The fraction of sp³-hybridized carbons (Fsp3) is 0.188. The Balaban J connectivity index is 1.66. The number of carbonyl (C=O) groups is 1. The molecular formula is C16H17N5O2. The second-order valence-corrected chi connectivity index (χ2v) is 5.01. The van der Waals surface area contributed by atoms with Crippen molar-refractivity contribution in [3.8, 4) is 5.75 Å². The molecule has 23 heavy (non-hydrogen) atoms. The van der Waals surface area contributed by atoms with E-state index in [1.54, 1.807) is 36.9 Å². The molecule has 0 aliphatic carbocycles. The minimum Gasteiger partial charge on any atom is -0.497 e. The van der Waals surface area contributed by atoms with Gasteiger partial charge < -0.3 is 15.4 Å². The monoisotopic (exact) mass is 311 g/mol. The van der Waals surface area contributed by atoms with Crippen molar-refractivity contribution in [2.45, 2.75) is 13.5 Å². The Morgan fingerprint density at radius 3 is 3.00 bits per heavy atom. The van der Waals surface area contributed by atoms with Crippen molar-refractivity contribution < 1.29 is 9.53 Å². The number of nitrogens with zero attached hydrogens (tertiary/aromatic N) is 3. The summed E-state index contributed by atoms with van der Waals surface area (Å²) in [6.07, 6.45) is 1.79. The van der Waals surface area contributed by atoms with E-state index < -0.39 is 0 Å². The van der Waals surface area contributed by atoms with E-state index in [0.29, 0.717) is 23.7 Å². The van der Waals surface area contributed by atoms with Gasteiger partial charge in [-0.2, -0.15) is 5.10 Å². The van der Waals surface area contributed by atoms with Crippen LogP contribution in [0.25, 0.3) is 5.65 Å². The first-order valence-corrected chi connectivity index (χ1v) is 7.15. The third-order valence-electron chi connectivity index (χ3n) is 3.30. The lowest BCUT2D eigenvalue weighted by Gasteiger charge is -2.09. The highest BCUT2D eigenvalue weighted by atomic mass is 16.5. The Labute approximate surface area is 133 Å². The SMILES string of the molecule is COc1cccc(CNC(=O)Nc2cccn3nc(C)nc23)c1.